The van der Waals surface area contributed by atoms with E-state index in [0.29, 0.717) is 16.1 Å². The van der Waals surface area contributed by atoms with Crippen LogP contribution in [0.4, 0.5) is 0 Å². The summed E-state index contributed by atoms with van der Waals surface area (Å²) in [4.78, 5) is 26.9. The lowest BCUT2D eigenvalue weighted by Gasteiger charge is -2.25. The van der Waals surface area contributed by atoms with Crippen molar-refractivity contribution < 1.29 is 24.5 Å². The fourth-order valence-electron chi connectivity index (χ4n) is 3.20. The number of carbonyl (C=O) groups is 2. The van der Waals surface area contributed by atoms with E-state index in [1.807, 2.05) is 0 Å². The van der Waals surface area contributed by atoms with Crippen LogP contribution in [0.5, 0.6) is 0 Å². The Kier molecular flexibility index (Phi) is 7.08. The molecule has 1 aliphatic rings. The lowest BCUT2D eigenvalue weighted by atomic mass is 9.95. The SMILES string of the molecule is O=C1C(=O)N(CCOCCO)C(c2ccc(Br)cc2)/C1=C(\O)c1ccc(Cl)cc1. The van der Waals surface area contributed by atoms with Crippen molar-refractivity contribution >= 4 is 45.0 Å². The van der Waals surface area contributed by atoms with E-state index >= 15 is 0 Å². The molecule has 1 aliphatic heterocycles. The van der Waals surface area contributed by atoms with Crippen molar-refractivity contribution in [1.29, 1.82) is 0 Å². The summed E-state index contributed by atoms with van der Waals surface area (Å²) in [6, 6.07) is 12.8. The topological polar surface area (TPSA) is 87.1 Å². The Hall–Kier alpha value is -2.19. The Labute approximate surface area is 181 Å². The quantitative estimate of drug-likeness (QED) is 0.274. The largest absolute Gasteiger partial charge is 0.507 e. The maximum atomic E-state index is 12.8. The number of rotatable bonds is 7. The van der Waals surface area contributed by atoms with Crippen molar-refractivity contribution in [3.8, 4) is 0 Å². The van der Waals surface area contributed by atoms with Gasteiger partial charge in [0.05, 0.1) is 31.4 Å². The zero-order valence-corrected chi connectivity index (χ0v) is 17.7. The second-order valence-electron chi connectivity index (χ2n) is 6.39. The average molecular weight is 481 g/mol. The summed E-state index contributed by atoms with van der Waals surface area (Å²) >= 11 is 9.28. The molecule has 152 valence electrons. The Bertz CT molecular complexity index is 927. The molecule has 2 aromatic carbocycles. The first-order chi connectivity index (χ1) is 13.9. The lowest BCUT2D eigenvalue weighted by molar-refractivity contribution is -0.140. The first-order valence-corrected chi connectivity index (χ1v) is 10.1. The molecule has 1 heterocycles. The van der Waals surface area contributed by atoms with Crippen LogP contribution in [0.1, 0.15) is 17.2 Å². The number of hydrogen-bond acceptors (Lipinski definition) is 5. The van der Waals surface area contributed by atoms with Gasteiger partial charge in [-0.1, -0.05) is 39.7 Å². The summed E-state index contributed by atoms with van der Waals surface area (Å²) in [5.74, 6) is -1.72. The van der Waals surface area contributed by atoms with Gasteiger partial charge in [-0.25, -0.2) is 0 Å². The number of aliphatic hydroxyl groups excluding tert-OH is 2. The van der Waals surface area contributed by atoms with E-state index in [9.17, 15) is 14.7 Å². The molecular weight excluding hydrogens is 462 g/mol. The number of halogens is 2. The van der Waals surface area contributed by atoms with Gasteiger partial charge in [0.15, 0.2) is 0 Å². The molecule has 6 nitrogen and oxygen atoms in total. The second kappa shape index (κ2) is 9.54. The number of carbonyl (C=O) groups excluding carboxylic acids is 2. The molecule has 29 heavy (non-hydrogen) atoms. The number of likely N-dealkylation sites (tertiary alicyclic amines) is 1. The third-order valence-corrected chi connectivity index (χ3v) is 5.34. The lowest BCUT2D eigenvalue weighted by Crippen LogP contribution is -2.33. The summed E-state index contributed by atoms with van der Waals surface area (Å²) in [5, 5.41) is 20.2. The van der Waals surface area contributed by atoms with Gasteiger partial charge in [-0.3, -0.25) is 9.59 Å². The van der Waals surface area contributed by atoms with Gasteiger partial charge in [0, 0.05) is 21.6 Å². The predicted molar refractivity (Wildman–Crippen MR) is 113 cm³/mol. The highest BCUT2D eigenvalue weighted by molar-refractivity contribution is 9.10. The summed E-state index contributed by atoms with van der Waals surface area (Å²) in [6.07, 6.45) is 0. The van der Waals surface area contributed by atoms with Crippen LogP contribution < -0.4 is 0 Å². The Morgan fingerprint density at radius 3 is 2.34 bits per heavy atom. The average Bonchev–Trinajstić information content (AvgIpc) is 2.96. The monoisotopic (exact) mass is 479 g/mol. The molecule has 1 amide bonds. The van der Waals surface area contributed by atoms with Crippen molar-refractivity contribution in [2.45, 2.75) is 6.04 Å². The molecule has 8 heteroatoms. The van der Waals surface area contributed by atoms with E-state index in [1.165, 1.54) is 4.90 Å². The molecule has 1 atom stereocenters. The molecule has 0 spiro atoms. The second-order valence-corrected chi connectivity index (χ2v) is 7.74. The molecule has 2 N–H and O–H groups in total. The first-order valence-electron chi connectivity index (χ1n) is 8.92. The van der Waals surface area contributed by atoms with Crippen LogP contribution in [0.15, 0.2) is 58.6 Å². The van der Waals surface area contributed by atoms with Gasteiger partial charge >= 0.3 is 0 Å². The van der Waals surface area contributed by atoms with Crippen LogP contribution in [-0.4, -0.2) is 53.2 Å². The van der Waals surface area contributed by atoms with Crippen molar-refractivity contribution in [3.63, 3.8) is 0 Å². The maximum absolute atomic E-state index is 12.8. The van der Waals surface area contributed by atoms with Crippen LogP contribution in [-0.2, 0) is 14.3 Å². The Morgan fingerprint density at radius 1 is 1.07 bits per heavy atom. The fraction of sp³-hybridized carbons (Fsp3) is 0.238. The van der Waals surface area contributed by atoms with Crippen LogP contribution in [0.2, 0.25) is 5.02 Å². The van der Waals surface area contributed by atoms with Crippen molar-refractivity contribution in [3.05, 3.63) is 74.7 Å². The minimum Gasteiger partial charge on any atom is -0.507 e. The molecule has 3 rings (SSSR count). The number of ketones is 1. The van der Waals surface area contributed by atoms with Gasteiger partial charge in [-0.2, -0.15) is 0 Å². The van der Waals surface area contributed by atoms with Gasteiger partial charge in [0.25, 0.3) is 11.7 Å². The normalized spacial score (nSPS) is 18.4. The highest BCUT2D eigenvalue weighted by atomic mass is 79.9. The molecule has 0 aromatic heterocycles. The van der Waals surface area contributed by atoms with E-state index in [-0.39, 0.29) is 37.7 Å². The molecule has 0 aliphatic carbocycles. The van der Waals surface area contributed by atoms with Crippen LogP contribution in [0, 0.1) is 0 Å². The van der Waals surface area contributed by atoms with Gasteiger partial charge in [0.1, 0.15) is 5.76 Å². The number of hydrogen-bond donors (Lipinski definition) is 2. The van der Waals surface area contributed by atoms with E-state index < -0.39 is 17.7 Å². The molecular formula is C21H19BrClNO5. The number of benzene rings is 2. The van der Waals surface area contributed by atoms with Crippen molar-refractivity contribution in [2.75, 3.05) is 26.4 Å². The number of aliphatic hydroxyl groups is 2. The zero-order valence-electron chi connectivity index (χ0n) is 15.3. The fourth-order valence-corrected chi connectivity index (χ4v) is 3.59. The smallest absolute Gasteiger partial charge is 0.295 e. The van der Waals surface area contributed by atoms with E-state index in [0.717, 1.165) is 4.47 Å². The van der Waals surface area contributed by atoms with Gasteiger partial charge in [-0.15, -0.1) is 0 Å². The predicted octanol–water partition coefficient (Wildman–Crippen LogP) is 3.53. The molecule has 1 saturated heterocycles. The summed E-state index contributed by atoms with van der Waals surface area (Å²) in [5.41, 5.74) is 1.10. The van der Waals surface area contributed by atoms with Gasteiger partial charge in [-0.05, 0) is 42.0 Å². The van der Waals surface area contributed by atoms with Gasteiger partial charge in [0.2, 0.25) is 0 Å². The number of ether oxygens (including phenoxy) is 1. The standard InChI is InChI=1S/C21H19BrClNO5/c22-15-5-1-13(2-6-15)18-17(19(26)14-3-7-16(23)8-4-14)20(27)21(28)24(18)9-11-29-12-10-25/h1-8,18,25-26H,9-12H2/b19-17+. The highest BCUT2D eigenvalue weighted by Crippen LogP contribution is 2.39. The van der Waals surface area contributed by atoms with Crippen LogP contribution in [0.25, 0.3) is 5.76 Å². The summed E-state index contributed by atoms with van der Waals surface area (Å²) < 4.78 is 6.12. The minimum atomic E-state index is -0.757. The minimum absolute atomic E-state index is 0.0156. The number of Topliss-reactive ketones (excluding diaryl/α,β-unsaturated/α-hetero) is 1. The maximum Gasteiger partial charge on any atom is 0.295 e. The summed E-state index contributed by atoms with van der Waals surface area (Å²) in [6.45, 7) is 0.299. The highest BCUT2D eigenvalue weighted by Gasteiger charge is 2.45. The molecule has 1 unspecified atom stereocenters. The van der Waals surface area contributed by atoms with Crippen molar-refractivity contribution in [2.24, 2.45) is 0 Å². The zero-order chi connectivity index (χ0) is 21.0. The molecule has 2 aromatic rings. The third-order valence-electron chi connectivity index (χ3n) is 4.56. The Morgan fingerprint density at radius 2 is 1.72 bits per heavy atom. The number of nitrogens with zero attached hydrogens (tertiary/aromatic N) is 1. The Balaban J connectivity index is 2.05. The number of amides is 1. The first kappa shape index (κ1) is 21.5. The van der Waals surface area contributed by atoms with E-state index in [2.05, 4.69) is 15.9 Å². The molecule has 0 radical (unpaired) electrons. The summed E-state index contributed by atoms with van der Waals surface area (Å²) in [7, 11) is 0. The van der Waals surface area contributed by atoms with Crippen LogP contribution in [0.3, 0.4) is 0 Å². The third kappa shape index (κ3) is 4.70. The van der Waals surface area contributed by atoms with Crippen LogP contribution >= 0.6 is 27.5 Å². The van der Waals surface area contributed by atoms with E-state index in [4.69, 9.17) is 21.4 Å². The molecule has 1 fully saturated rings. The molecule has 0 saturated carbocycles. The molecule has 0 bridgehead atoms. The van der Waals surface area contributed by atoms with E-state index in [1.54, 1.807) is 48.5 Å². The van der Waals surface area contributed by atoms with Gasteiger partial charge < -0.3 is 19.8 Å². The van der Waals surface area contributed by atoms with Crippen molar-refractivity contribution in [1.82, 2.24) is 4.90 Å².